The van der Waals surface area contributed by atoms with E-state index in [-0.39, 0.29) is 0 Å². The number of nitrogen functional groups attached to an aromatic ring is 1. The Morgan fingerprint density at radius 1 is 1.26 bits per heavy atom. The first kappa shape index (κ1) is 13.1. The number of hydrogen-bond donors (Lipinski definition) is 2. The predicted octanol–water partition coefficient (Wildman–Crippen LogP) is 2.46. The predicted molar refractivity (Wildman–Crippen MR) is 76.0 cm³/mol. The van der Waals surface area contributed by atoms with E-state index in [0.717, 1.165) is 23.5 Å². The number of ether oxygens (including phenoxy) is 1. The molecule has 0 saturated carbocycles. The molecule has 5 nitrogen and oxygen atoms in total. The largest absolute Gasteiger partial charge is 0.478 e. The highest BCUT2D eigenvalue weighted by Crippen LogP contribution is 2.15. The van der Waals surface area contributed by atoms with Crippen LogP contribution in [0.5, 0.6) is 5.88 Å². The summed E-state index contributed by atoms with van der Waals surface area (Å²) < 4.78 is 5.46. The van der Waals surface area contributed by atoms with Crippen molar-refractivity contribution >= 4 is 11.5 Å². The van der Waals surface area contributed by atoms with E-state index in [4.69, 9.17) is 10.5 Å². The van der Waals surface area contributed by atoms with E-state index >= 15 is 0 Å². The summed E-state index contributed by atoms with van der Waals surface area (Å²) in [5.41, 5.74) is 7.69. The van der Waals surface area contributed by atoms with E-state index in [1.165, 1.54) is 6.33 Å². The van der Waals surface area contributed by atoms with E-state index in [1.54, 1.807) is 6.07 Å². The number of aromatic nitrogens is 2. The highest BCUT2D eigenvalue weighted by atomic mass is 16.5. The smallest absolute Gasteiger partial charge is 0.218 e. The Morgan fingerprint density at radius 2 is 2.11 bits per heavy atom. The van der Waals surface area contributed by atoms with Crippen LogP contribution in [0.3, 0.4) is 0 Å². The molecule has 0 atom stereocenters. The van der Waals surface area contributed by atoms with Gasteiger partial charge in [-0.1, -0.05) is 25.1 Å². The Labute approximate surface area is 112 Å². The Hall–Kier alpha value is -2.30. The molecule has 2 aromatic rings. The molecule has 1 aromatic carbocycles. The highest BCUT2D eigenvalue weighted by Gasteiger charge is 2.01. The molecule has 2 rings (SSSR count). The molecule has 5 heteroatoms. The molecule has 0 unspecified atom stereocenters. The minimum atomic E-state index is 0.584. The van der Waals surface area contributed by atoms with Gasteiger partial charge in [0.15, 0.2) is 0 Å². The van der Waals surface area contributed by atoms with Crippen LogP contribution >= 0.6 is 0 Å². The summed E-state index contributed by atoms with van der Waals surface area (Å²) in [5.74, 6) is 1.31. The summed E-state index contributed by atoms with van der Waals surface area (Å²) in [6, 6.07) is 9.53. The zero-order valence-electron chi connectivity index (χ0n) is 11.0. The van der Waals surface area contributed by atoms with Crippen LogP contribution in [0.2, 0.25) is 0 Å². The quantitative estimate of drug-likeness (QED) is 0.779. The van der Waals surface area contributed by atoms with Gasteiger partial charge in [0.1, 0.15) is 12.1 Å². The molecule has 0 amide bonds. The third-order valence-corrected chi connectivity index (χ3v) is 2.61. The SMILES string of the molecule is CCCOc1cc(NCc2ccccc2N)ncn1. The number of benzene rings is 1. The van der Waals surface area contributed by atoms with Crippen molar-refractivity contribution in [2.24, 2.45) is 0 Å². The van der Waals surface area contributed by atoms with Crippen molar-refractivity contribution in [3.05, 3.63) is 42.2 Å². The molecule has 0 radical (unpaired) electrons. The zero-order valence-corrected chi connectivity index (χ0v) is 11.0. The van der Waals surface area contributed by atoms with Crippen LogP contribution in [-0.4, -0.2) is 16.6 Å². The zero-order chi connectivity index (χ0) is 13.5. The lowest BCUT2D eigenvalue weighted by atomic mass is 10.2. The first-order valence-electron chi connectivity index (χ1n) is 6.31. The van der Waals surface area contributed by atoms with Crippen molar-refractivity contribution in [1.29, 1.82) is 0 Å². The summed E-state index contributed by atoms with van der Waals surface area (Å²) in [6.45, 7) is 3.33. The fourth-order valence-corrected chi connectivity index (χ4v) is 1.60. The maximum Gasteiger partial charge on any atom is 0.218 e. The van der Waals surface area contributed by atoms with Crippen molar-refractivity contribution in [3.8, 4) is 5.88 Å². The number of rotatable bonds is 6. The van der Waals surface area contributed by atoms with Crippen LogP contribution in [-0.2, 0) is 6.54 Å². The van der Waals surface area contributed by atoms with Gasteiger partial charge in [0.2, 0.25) is 5.88 Å². The minimum absolute atomic E-state index is 0.584. The fourth-order valence-electron chi connectivity index (χ4n) is 1.60. The second-order valence-corrected chi connectivity index (χ2v) is 4.14. The van der Waals surface area contributed by atoms with Gasteiger partial charge < -0.3 is 15.8 Å². The normalized spacial score (nSPS) is 10.2. The molecule has 0 spiro atoms. The molecule has 1 aromatic heterocycles. The van der Waals surface area contributed by atoms with Crippen LogP contribution in [0.4, 0.5) is 11.5 Å². The summed E-state index contributed by atoms with van der Waals surface area (Å²) in [7, 11) is 0. The second kappa shape index (κ2) is 6.58. The van der Waals surface area contributed by atoms with Crippen LogP contribution < -0.4 is 15.8 Å². The summed E-state index contributed by atoms with van der Waals surface area (Å²) in [5, 5.41) is 3.21. The third kappa shape index (κ3) is 3.84. The van der Waals surface area contributed by atoms with Gasteiger partial charge in [0.05, 0.1) is 6.61 Å². The van der Waals surface area contributed by atoms with Gasteiger partial charge >= 0.3 is 0 Å². The van der Waals surface area contributed by atoms with Crippen molar-refractivity contribution in [2.75, 3.05) is 17.7 Å². The van der Waals surface area contributed by atoms with Gasteiger partial charge in [0, 0.05) is 18.3 Å². The van der Waals surface area contributed by atoms with Crippen LogP contribution in [0.25, 0.3) is 0 Å². The lowest BCUT2D eigenvalue weighted by molar-refractivity contribution is 0.305. The molecule has 0 aliphatic heterocycles. The lowest BCUT2D eigenvalue weighted by Crippen LogP contribution is -2.05. The molecule has 100 valence electrons. The molecular weight excluding hydrogens is 240 g/mol. The maximum absolute atomic E-state index is 5.88. The topological polar surface area (TPSA) is 73.1 Å². The van der Waals surface area contributed by atoms with Crippen molar-refractivity contribution < 1.29 is 4.74 Å². The van der Waals surface area contributed by atoms with Gasteiger partial charge in [0.25, 0.3) is 0 Å². The molecule has 19 heavy (non-hydrogen) atoms. The lowest BCUT2D eigenvalue weighted by Gasteiger charge is -2.09. The maximum atomic E-state index is 5.88. The van der Waals surface area contributed by atoms with Gasteiger partial charge in [-0.15, -0.1) is 0 Å². The standard InChI is InChI=1S/C14H18N4O/c1-2-7-19-14-8-13(17-10-18-14)16-9-11-5-3-4-6-12(11)15/h3-6,8,10H,2,7,9,15H2,1H3,(H,16,17,18). The van der Waals surface area contributed by atoms with E-state index in [2.05, 4.69) is 22.2 Å². The summed E-state index contributed by atoms with van der Waals surface area (Å²) in [6.07, 6.45) is 2.44. The number of nitrogens with two attached hydrogens (primary N) is 1. The second-order valence-electron chi connectivity index (χ2n) is 4.14. The van der Waals surface area contributed by atoms with Gasteiger partial charge in [-0.3, -0.25) is 0 Å². The fraction of sp³-hybridized carbons (Fsp3) is 0.286. The highest BCUT2D eigenvalue weighted by molar-refractivity contribution is 5.48. The van der Waals surface area contributed by atoms with Gasteiger partial charge in [-0.25, -0.2) is 9.97 Å². The molecule has 1 heterocycles. The summed E-state index contributed by atoms with van der Waals surface area (Å²) >= 11 is 0. The van der Waals surface area contributed by atoms with Crippen LogP contribution in [0.15, 0.2) is 36.7 Å². The third-order valence-electron chi connectivity index (χ3n) is 2.61. The molecule has 0 aliphatic carbocycles. The van der Waals surface area contributed by atoms with Crippen molar-refractivity contribution in [3.63, 3.8) is 0 Å². The van der Waals surface area contributed by atoms with Crippen LogP contribution in [0, 0.1) is 0 Å². The number of nitrogens with one attached hydrogen (secondary N) is 1. The number of hydrogen-bond acceptors (Lipinski definition) is 5. The van der Waals surface area contributed by atoms with Crippen LogP contribution in [0.1, 0.15) is 18.9 Å². The van der Waals surface area contributed by atoms with Gasteiger partial charge in [-0.05, 0) is 18.1 Å². The summed E-state index contributed by atoms with van der Waals surface area (Å²) in [4.78, 5) is 8.20. The van der Waals surface area contributed by atoms with Crippen molar-refractivity contribution in [2.45, 2.75) is 19.9 Å². The Balaban J connectivity index is 1.98. The first-order chi connectivity index (χ1) is 9.29. The Kier molecular flexibility index (Phi) is 4.55. The molecule has 0 saturated heterocycles. The molecule has 0 bridgehead atoms. The Morgan fingerprint density at radius 3 is 2.89 bits per heavy atom. The minimum Gasteiger partial charge on any atom is -0.478 e. The van der Waals surface area contributed by atoms with E-state index < -0.39 is 0 Å². The van der Waals surface area contributed by atoms with Gasteiger partial charge in [-0.2, -0.15) is 0 Å². The number of para-hydroxylation sites is 1. The number of anilines is 2. The molecular formula is C14H18N4O. The average Bonchev–Trinajstić information content (AvgIpc) is 2.45. The van der Waals surface area contributed by atoms with Crippen molar-refractivity contribution in [1.82, 2.24) is 9.97 Å². The number of nitrogens with zero attached hydrogens (tertiary/aromatic N) is 2. The first-order valence-corrected chi connectivity index (χ1v) is 6.31. The average molecular weight is 258 g/mol. The molecule has 3 N–H and O–H groups in total. The van der Waals surface area contributed by atoms with E-state index in [1.807, 2.05) is 24.3 Å². The van der Waals surface area contributed by atoms with E-state index in [0.29, 0.717) is 19.0 Å². The van der Waals surface area contributed by atoms with E-state index in [9.17, 15) is 0 Å². The Bertz CT molecular complexity index is 530. The monoisotopic (exact) mass is 258 g/mol. The molecule has 0 aliphatic rings. The molecule has 0 fully saturated rings.